The van der Waals surface area contributed by atoms with Gasteiger partial charge in [-0.05, 0) is 44.0 Å². The molecule has 0 aromatic heterocycles. The third kappa shape index (κ3) is 3.71. The SMILES string of the molecule is OCC(O)CNc1c(Br)cc(F)cc1Br. The third-order valence-electron chi connectivity index (χ3n) is 1.73. The van der Waals surface area contributed by atoms with Crippen molar-refractivity contribution >= 4 is 37.5 Å². The maximum Gasteiger partial charge on any atom is 0.125 e. The number of hydrogen-bond acceptors (Lipinski definition) is 3. The van der Waals surface area contributed by atoms with E-state index in [9.17, 15) is 4.39 Å². The second-order valence-corrected chi connectivity index (χ2v) is 4.67. The van der Waals surface area contributed by atoms with Crippen LogP contribution in [0.15, 0.2) is 21.1 Å². The summed E-state index contributed by atoms with van der Waals surface area (Å²) < 4.78 is 14.0. The Morgan fingerprint density at radius 2 is 1.87 bits per heavy atom. The summed E-state index contributed by atoms with van der Waals surface area (Å²) in [6, 6.07) is 2.64. The Morgan fingerprint density at radius 3 is 2.33 bits per heavy atom. The summed E-state index contributed by atoms with van der Waals surface area (Å²) in [6.45, 7) is -0.122. The zero-order valence-corrected chi connectivity index (χ0v) is 10.8. The van der Waals surface area contributed by atoms with E-state index in [-0.39, 0.29) is 19.0 Å². The highest BCUT2D eigenvalue weighted by atomic mass is 79.9. The number of benzene rings is 1. The van der Waals surface area contributed by atoms with Crippen LogP contribution in [0.25, 0.3) is 0 Å². The van der Waals surface area contributed by atoms with Crippen molar-refractivity contribution in [2.45, 2.75) is 6.10 Å². The Labute approximate surface area is 104 Å². The van der Waals surface area contributed by atoms with Crippen LogP contribution in [-0.2, 0) is 0 Å². The summed E-state index contributed by atoms with van der Waals surface area (Å²) in [5.41, 5.74) is 0.643. The predicted molar refractivity (Wildman–Crippen MR) is 63.4 cm³/mol. The monoisotopic (exact) mass is 341 g/mol. The van der Waals surface area contributed by atoms with Gasteiger partial charge in [0, 0.05) is 15.5 Å². The van der Waals surface area contributed by atoms with Crippen molar-refractivity contribution in [1.29, 1.82) is 0 Å². The van der Waals surface area contributed by atoms with Crippen LogP contribution < -0.4 is 5.32 Å². The zero-order chi connectivity index (χ0) is 11.4. The second kappa shape index (κ2) is 5.79. The fraction of sp³-hybridized carbons (Fsp3) is 0.333. The van der Waals surface area contributed by atoms with Crippen LogP contribution in [0.3, 0.4) is 0 Å². The van der Waals surface area contributed by atoms with E-state index in [1.54, 1.807) is 0 Å². The lowest BCUT2D eigenvalue weighted by Gasteiger charge is -2.13. The van der Waals surface area contributed by atoms with Gasteiger partial charge in [0.2, 0.25) is 0 Å². The van der Waals surface area contributed by atoms with E-state index in [1.807, 2.05) is 0 Å². The molecular formula is C9H10Br2FNO2. The Morgan fingerprint density at radius 1 is 1.33 bits per heavy atom. The van der Waals surface area contributed by atoms with Crippen molar-refractivity contribution in [3.8, 4) is 0 Å². The van der Waals surface area contributed by atoms with Crippen molar-refractivity contribution in [1.82, 2.24) is 0 Å². The molecule has 3 nitrogen and oxygen atoms in total. The molecule has 0 radical (unpaired) electrons. The lowest BCUT2D eigenvalue weighted by atomic mass is 10.3. The molecule has 0 bridgehead atoms. The molecule has 1 rings (SSSR count). The van der Waals surface area contributed by atoms with Crippen LogP contribution in [0.2, 0.25) is 0 Å². The van der Waals surface area contributed by atoms with Crippen LogP contribution in [0.5, 0.6) is 0 Å². The van der Waals surface area contributed by atoms with E-state index in [4.69, 9.17) is 10.2 Å². The van der Waals surface area contributed by atoms with E-state index < -0.39 is 6.10 Å². The van der Waals surface area contributed by atoms with Gasteiger partial charge in [0.15, 0.2) is 0 Å². The highest BCUT2D eigenvalue weighted by Crippen LogP contribution is 2.31. The van der Waals surface area contributed by atoms with Gasteiger partial charge >= 0.3 is 0 Å². The predicted octanol–water partition coefficient (Wildman–Crippen LogP) is 2.12. The maximum atomic E-state index is 12.9. The Balaban J connectivity index is 2.77. The molecule has 0 aliphatic carbocycles. The minimum absolute atomic E-state index is 0.194. The molecule has 0 heterocycles. The molecule has 1 aromatic rings. The number of nitrogens with one attached hydrogen (secondary N) is 1. The van der Waals surface area contributed by atoms with Crippen LogP contribution >= 0.6 is 31.9 Å². The summed E-state index contributed by atoms with van der Waals surface area (Å²) in [6.07, 6.45) is -0.839. The maximum absolute atomic E-state index is 12.9. The molecule has 1 atom stereocenters. The summed E-state index contributed by atoms with van der Waals surface area (Å²) >= 11 is 6.39. The van der Waals surface area contributed by atoms with Crippen molar-refractivity contribution in [3.63, 3.8) is 0 Å². The molecule has 0 spiro atoms. The lowest BCUT2D eigenvalue weighted by molar-refractivity contribution is 0.105. The van der Waals surface area contributed by atoms with Crippen LogP contribution in [0, 0.1) is 5.82 Å². The quantitative estimate of drug-likeness (QED) is 0.785. The van der Waals surface area contributed by atoms with Gasteiger partial charge in [-0.25, -0.2) is 4.39 Å². The largest absolute Gasteiger partial charge is 0.394 e. The van der Waals surface area contributed by atoms with Gasteiger partial charge in [-0.3, -0.25) is 0 Å². The molecule has 84 valence electrons. The van der Waals surface area contributed by atoms with Gasteiger partial charge < -0.3 is 15.5 Å². The summed E-state index contributed by atoms with van der Waals surface area (Å²) in [5.74, 6) is -0.359. The van der Waals surface area contributed by atoms with E-state index in [2.05, 4.69) is 37.2 Å². The molecule has 6 heteroatoms. The molecule has 1 aromatic carbocycles. The number of aliphatic hydroxyl groups is 2. The van der Waals surface area contributed by atoms with Gasteiger partial charge in [-0.2, -0.15) is 0 Å². The molecule has 1 unspecified atom stereocenters. The number of aliphatic hydroxyl groups excluding tert-OH is 2. The molecule has 0 aliphatic heterocycles. The number of rotatable bonds is 4. The lowest BCUT2D eigenvalue weighted by Crippen LogP contribution is -2.23. The van der Waals surface area contributed by atoms with Crippen LogP contribution in [0.4, 0.5) is 10.1 Å². The fourth-order valence-corrected chi connectivity index (χ4v) is 2.41. The Kier molecular flexibility index (Phi) is 4.98. The summed E-state index contributed by atoms with van der Waals surface area (Å²) in [7, 11) is 0. The van der Waals surface area contributed by atoms with Gasteiger partial charge in [-0.15, -0.1) is 0 Å². The average molecular weight is 343 g/mol. The van der Waals surface area contributed by atoms with E-state index >= 15 is 0 Å². The van der Waals surface area contributed by atoms with E-state index in [0.29, 0.717) is 14.6 Å². The van der Waals surface area contributed by atoms with Gasteiger partial charge in [0.25, 0.3) is 0 Å². The van der Waals surface area contributed by atoms with E-state index in [0.717, 1.165) is 0 Å². The first-order chi connectivity index (χ1) is 7.04. The standard InChI is InChI=1S/C9H10Br2FNO2/c10-7-1-5(12)2-8(11)9(7)13-3-6(15)4-14/h1-2,6,13-15H,3-4H2. The van der Waals surface area contributed by atoms with E-state index in [1.165, 1.54) is 12.1 Å². The second-order valence-electron chi connectivity index (χ2n) is 2.96. The third-order valence-corrected chi connectivity index (χ3v) is 2.98. The molecule has 15 heavy (non-hydrogen) atoms. The molecule has 0 fully saturated rings. The Bertz CT molecular complexity index is 326. The fourth-order valence-electron chi connectivity index (χ4n) is 0.996. The highest BCUT2D eigenvalue weighted by Gasteiger charge is 2.09. The first kappa shape index (κ1) is 12.9. The minimum Gasteiger partial charge on any atom is -0.394 e. The first-order valence-electron chi connectivity index (χ1n) is 4.22. The topological polar surface area (TPSA) is 52.5 Å². The van der Waals surface area contributed by atoms with Crippen molar-refractivity contribution in [3.05, 3.63) is 26.9 Å². The number of hydrogen-bond donors (Lipinski definition) is 3. The molecule has 0 saturated heterocycles. The highest BCUT2D eigenvalue weighted by molar-refractivity contribution is 9.11. The number of halogens is 3. The van der Waals surface area contributed by atoms with Crippen LogP contribution in [0.1, 0.15) is 0 Å². The summed E-state index contributed by atoms with van der Waals surface area (Å²) in [4.78, 5) is 0. The minimum atomic E-state index is -0.839. The molecule has 0 amide bonds. The van der Waals surface area contributed by atoms with Crippen molar-refractivity contribution in [2.75, 3.05) is 18.5 Å². The molecule has 0 saturated carbocycles. The molecule has 3 N–H and O–H groups in total. The van der Waals surface area contributed by atoms with Gasteiger partial charge in [-0.1, -0.05) is 0 Å². The summed E-state index contributed by atoms with van der Waals surface area (Å²) in [5, 5.41) is 20.6. The zero-order valence-electron chi connectivity index (χ0n) is 7.67. The average Bonchev–Trinajstić information content (AvgIpc) is 2.15. The van der Waals surface area contributed by atoms with Crippen molar-refractivity contribution < 1.29 is 14.6 Å². The van der Waals surface area contributed by atoms with Crippen molar-refractivity contribution in [2.24, 2.45) is 0 Å². The molecular weight excluding hydrogens is 333 g/mol. The van der Waals surface area contributed by atoms with Gasteiger partial charge in [0.1, 0.15) is 5.82 Å². The van der Waals surface area contributed by atoms with Gasteiger partial charge in [0.05, 0.1) is 18.4 Å². The first-order valence-corrected chi connectivity index (χ1v) is 5.80. The number of anilines is 1. The normalized spacial score (nSPS) is 12.6. The van der Waals surface area contributed by atoms with Crippen LogP contribution in [-0.4, -0.2) is 29.5 Å². The smallest absolute Gasteiger partial charge is 0.125 e. The Hall–Kier alpha value is -0.170. The molecule has 0 aliphatic rings.